The lowest BCUT2D eigenvalue weighted by Gasteiger charge is -2.16. The molecular weight excluding hydrogens is 256 g/mol. The van der Waals surface area contributed by atoms with Crippen molar-refractivity contribution < 1.29 is 8.78 Å². The van der Waals surface area contributed by atoms with Crippen LogP contribution in [0.1, 0.15) is 22.7 Å². The van der Waals surface area contributed by atoms with Gasteiger partial charge in [-0.05, 0) is 41.8 Å². The Labute approximate surface area is 109 Å². The molecule has 0 radical (unpaired) electrons. The van der Waals surface area contributed by atoms with E-state index in [1.165, 1.54) is 12.1 Å². The maximum Gasteiger partial charge on any atom is 0.126 e. The van der Waals surface area contributed by atoms with Gasteiger partial charge in [0.2, 0.25) is 0 Å². The van der Waals surface area contributed by atoms with Crippen LogP contribution in [0.15, 0.2) is 36.4 Å². The van der Waals surface area contributed by atoms with E-state index in [1.54, 1.807) is 18.2 Å². The quantitative estimate of drug-likeness (QED) is 0.875. The molecule has 1 atom stereocenters. The van der Waals surface area contributed by atoms with Crippen LogP contribution in [0.2, 0.25) is 5.02 Å². The van der Waals surface area contributed by atoms with Crippen LogP contribution >= 0.6 is 11.6 Å². The van der Waals surface area contributed by atoms with E-state index in [1.807, 2.05) is 6.92 Å². The largest absolute Gasteiger partial charge is 0.320 e. The fourth-order valence-electron chi connectivity index (χ4n) is 1.90. The summed E-state index contributed by atoms with van der Waals surface area (Å²) in [4.78, 5) is 0. The van der Waals surface area contributed by atoms with Gasteiger partial charge in [0.05, 0.1) is 6.04 Å². The van der Waals surface area contributed by atoms with Gasteiger partial charge in [-0.2, -0.15) is 0 Å². The smallest absolute Gasteiger partial charge is 0.126 e. The molecule has 0 aromatic heterocycles. The average Bonchev–Trinajstić information content (AvgIpc) is 2.30. The molecule has 18 heavy (non-hydrogen) atoms. The lowest BCUT2D eigenvalue weighted by atomic mass is 9.95. The monoisotopic (exact) mass is 267 g/mol. The number of rotatable bonds is 2. The predicted molar refractivity (Wildman–Crippen MR) is 68.6 cm³/mol. The third-order valence-electron chi connectivity index (χ3n) is 2.89. The van der Waals surface area contributed by atoms with Crippen LogP contribution in [0.3, 0.4) is 0 Å². The Morgan fingerprint density at radius 3 is 2.33 bits per heavy atom. The molecule has 4 heteroatoms. The summed E-state index contributed by atoms with van der Waals surface area (Å²) >= 11 is 6.00. The molecule has 0 fully saturated rings. The lowest BCUT2D eigenvalue weighted by molar-refractivity contribution is 0.577. The Morgan fingerprint density at radius 2 is 1.72 bits per heavy atom. The normalized spacial score (nSPS) is 12.5. The van der Waals surface area contributed by atoms with Crippen molar-refractivity contribution in [3.05, 3.63) is 69.7 Å². The summed E-state index contributed by atoms with van der Waals surface area (Å²) in [5.74, 6) is -1.28. The topological polar surface area (TPSA) is 26.0 Å². The van der Waals surface area contributed by atoms with Gasteiger partial charge in [-0.1, -0.05) is 23.7 Å². The first-order chi connectivity index (χ1) is 8.49. The van der Waals surface area contributed by atoms with Gasteiger partial charge in [0, 0.05) is 11.1 Å². The fraction of sp³-hybridized carbons (Fsp3) is 0.143. The summed E-state index contributed by atoms with van der Waals surface area (Å²) in [5, 5.41) is 0.583. The summed E-state index contributed by atoms with van der Waals surface area (Å²) in [6, 6.07) is 7.99. The van der Waals surface area contributed by atoms with E-state index >= 15 is 0 Å². The molecule has 2 rings (SSSR count). The van der Waals surface area contributed by atoms with Crippen molar-refractivity contribution in [2.24, 2.45) is 5.73 Å². The first-order valence-electron chi connectivity index (χ1n) is 5.45. The number of hydrogen-bond acceptors (Lipinski definition) is 1. The van der Waals surface area contributed by atoms with Crippen molar-refractivity contribution in [1.82, 2.24) is 0 Å². The molecule has 1 nitrogen and oxygen atoms in total. The Kier molecular flexibility index (Phi) is 3.64. The van der Waals surface area contributed by atoms with Gasteiger partial charge >= 0.3 is 0 Å². The summed E-state index contributed by atoms with van der Waals surface area (Å²) in [6.45, 7) is 1.83. The Bertz CT molecular complexity index is 564. The molecule has 2 N–H and O–H groups in total. The lowest BCUT2D eigenvalue weighted by Crippen LogP contribution is -2.14. The van der Waals surface area contributed by atoms with E-state index in [0.717, 1.165) is 17.2 Å². The third kappa shape index (κ3) is 2.52. The molecule has 2 aromatic carbocycles. The molecule has 0 saturated carbocycles. The standard InChI is InChI=1S/C14H12ClF2N/c1-8-12(3-2-4-13(8)15)14(18)9-5-10(16)7-11(17)6-9/h2-7,14H,18H2,1H3. The van der Waals surface area contributed by atoms with E-state index in [-0.39, 0.29) is 0 Å². The molecule has 0 heterocycles. The first kappa shape index (κ1) is 13.0. The highest BCUT2D eigenvalue weighted by Gasteiger charge is 2.14. The first-order valence-corrected chi connectivity index (χ1v) is 5.83. The Hall–Kier alpha value is -1.45. The SMILES string of the molecule is Cc1c(Cl)cccc1C(N)c1cc(F)cc(F)c1. The van der Waals surface area contributed by atoms with Crippen molar-refractivity contribution in [1.29, 1.82) is 0 Å². The second-order valence-electron chi connectivity index (χ2n) is 4.13. The second kappa shape index (κ2) is 5.04. The molecular formula is C14H12ClF2N. The zero-order valence-corrected chi connectivity index (χ0v) is 10.5. The van der Waals surface area contributed by atoms with E-state index < -0.39 is 17.7 Å². The summed E-state index contributed by atoms with van der Waals surface area (Å²) < 4.78 is 26.3. The van der Waals surface area contributed by atoms with Gasteiger partial charge in [0.15, 0.2) is 0 Å². The summed E-state index contributed by atoms with van der Waals surface area (Å²) in [6.07, 6.45) is 0. The molecule has 2 aromatic rings. The molecule has 0 saturated heterocycles. The van der Waals surface area contributed by atoms with Gasteiger partial charge in [0.1, 0.15) is 11.6 Å². The van der Waals surface area contributed by atoms with Gasteiger partial charge in [-0.15, -0.1) is 0 Å². The van der Waals surface area contributed by atoms with E-state index in [0.29, 0.717) is 10.6 Å². The summed E-state index contributed by atoms with van der Waals surface area (Å²) in [7, 11) is 0. The van der Waals surface area contributed by atoms with E-state index in [9.17, 15) is 8.78 Å². The number of halogens is 3. The van der Waals surface area contributed by atoms with Crippen LogP contribution < -0.4 is 5.73 Å². The van der Waals surface area contributed by atoms with Gasteiger partial charge in [-0.3, -0.25) is 0 Å². The van der Waals surface area contributed by atoms with Crippen LogP contribution in [-0.4, -0.2) is 0 Å². The van der Waals surface area contributed by atoms with E-state index in [4.69, 9.17) is 17.3 Å². The highest BCUT2D eigenvalue weighted by Crippen LogP contribution is 2.27. The molecule has 94 valence electrons. The molecule has 0 aliphatic rings. The third-order valence-corrected chi connectivity index (χ3v) is 3.30. The maximum absolute atomic E-state index is 13.2. The minimum atomic E-state index is -0.639. The van der Waals surface area contributed by atoms with Crippen molar-refractivity contribution >= 4 is 11.6 Å². The maximum atomic E-state index is 13.2. The van der Waals surface area contributed by atoms with Crippen LogP contribution in [0.4, 0.5) is 8.78 Å². The van der Waals surface area contributed by atoms with Crippen molar-refractivity contribution in [2.75, 3.05) is 0 Å². The zero-order valence-electron chi connectivity index (χ0n) is 9.75. The van der Waals surface area contributed by atoms with Crippen molar-refractivity contribution in [2.45, 2.75) is 13.0 Å². The van der Waals surface area contributed by atoms with Crippen LogP contribution in [0.5, 0.6) is 0 Å². The zero-order chi connectivity index (χ0) is 13.3. The van der Waals surface area contributed by atoms with Gasteiger partial charge in [-0.25, -0.2) is 8.78 Å². The number of benzene rings is 2. The minimum Gasteiger partial charge on any atom is -0.320 e. The van der Waals surface area contributed by atoms with E-state index in [2.05, 4.69) is 0 Å². The molecule has 0 bridgehead atoms. The number of nitrogens with two attached hydrogens (primary N) is 1. The highest BCUT2D eigenvalue weighted by atomic mass is 35.5. The second-order valence-corrected chi connectivity index (χ2v) is 4.54. The summed E-state index contributed by atoms with van der Waals surface area (Å²) in [5.41, 5.74) is 7.99. The molecule has 0 spiro atoms. The van der Waals surface area contributed by atoms with Crippen LogP contribution in [0.25, 0.3) is 0 Å². The van der Waals surface area contributed by atoms with Crippen LogP contribution in [0, 0.1) is 18.6 Å². The molecule has 0 aliphatic carbocycles. The highest BCUT2D eigenvalue weighted by molar-refractivity contribution is 6.31. The molecule has 0 aliphatic heterocycles. The fourth-order valence-corrected chi connectivity index (χ4v) is 2.08. The minimum absolute atomic E-state index is 0.387. The molecule has 0 amide bonds. The van der Waals surface area contributed by atoms with Gasteiger partial charge < -0.3 is 5.73 Å². The van der Waals surface area contributed by atoms with Crippen LogP contribution in [-0.2, 0) is 0 Å². The molecule has 1 unspecified atom stereocenters. The predicted octanol–water partition coefficient (Wildman–Crippen LogP) is 3.97. The number of hydrogen-bond donors (Lipinski definition) is 1. The van der Waals surface area contributed by atoms with Crippen molar-refractivity contribution in [3.63, 3.8) is 0 Å². The Morgan fingerprint density at radius 1 is 1.11 bits per heavy atom. The van der Waals surface area contributed by atoms with Crippen molar-refractivity contribution in [3.8, 4) is 0 Å². The Balaban J connectivity index is 2.47. The average molecular weight is 268 g/mol. The van der Waals surface area contributed by atoms with Gasteiger partial charge in [0.25, 0.3) is 0 Å².